The number of allylic oxidation sites excluding steroid dienone is 2. The van der Waals surface area contributed by atoms with E-state index in [1.807, 2.05) is 0 Å². The molecule has 2 aromatic carbocycles. The number of anilines is 1. The molecule has 170 valence electrons. The van der Waals surface area contributed by atoms with Crippen LogP contribution in [0, 0.1) is 22.3 Å². The van der Waals surface area contributed by atoms with Crippen molar-refractivity contribution in [2.24, 2.45) is 0 Å². The molecule has 0 aliphatic heterocycles. The Morgan fingerprint density at radius 1 is 0.788 bits per heavy atom. The molecule has 0 aromatic heterocycles. The summed E-state index contributed by atoms with van der Waals surface area (Å²) in [5.74, 6) is 5.60. The van der Waals surface area contributed by atoms with Gasteiger partial charge in [0.15, 0.2) is 10.2 Å². The molecule has 2 aromatic rings. The number of alkyl halides is 3. The molecule has 0 saturated carbocycles. The number of hydrogen-bond donors (Lipinski definition) is 0. The first kappa shape index (κ1) is 26.2. The molecule has 0 spiro atoms. The van der Waals surface area contributed by atoms with Crippen molar-refractivity contribution >= 4 is 50.6 Å². The summed E-state index contributed by atoms with van der Waals surface area (Å²) in [5.41, 5.74) is 0.463. The van der Waals surface area contributed by atoms with Gasteiger partial charge in [0.05, 0.1) is 11.1 Å². The van der Waals surface area contributed by atoms with Gasteiger partial charge >= 0.3 is 6.18 Å². The molecule has 0 N–H and O–H groups in total. The largest absolute Gasteiger partial charge is 0.417 e. The maximum atomic E-state index is 13.9. The third-order valence-corrected chi connectivity index (χ3v) is 5.13. The Bertz CT molecular complexity index is 1210. The molecule has 0 unspecified atom stereocenters. The second kappa shape index (κ2) is 11.7. The summed E-state index contributed by atoms with van der Waals surface area (Å²) in [7, 11) is 3.60. The van der Waals surface area contributed by atoms with E-state index >= 15 is 0 Å². The fraction of sp³-hybridized carbons (Fsp3) is 0.200. The van der Waals surface area contributed by atoms with Crippen molar-refractivity contribution in [1.29, 1.82) is 0 Å². The first-order valence-electron chi connectivity index (χ1n) is 9.56. The Hall–Kier alpha value is -3.07. The van der Waals surface area contributed by atoms with Crippen molar-refractivity contribution in [3.05, 3.63) is 65.2 Å². The predicted molar refractivity (Wildman–Crippen MR) is 131 cm³/mol. The number of halogens is 3. The second-order valence-electron chi connectivity index (χ2n) is 6.85. The number of rotatable bonds is 3. The summed E-state index contributed by atoms with van der Waals surface area (Å²) in [6, 6.07) is 12.2. The molecule has 0 aliphatic rings. The van der Waals surface area contributed by atoms with Crippen LogP contribution in [0.25, 0.3) is 11.1 Å². The first-order valence-corrected chi connectivity index (χ1v) is 11.2. The number of carbonyl (C=O) groups excluding carboxylic acids is 2. The van der Waals surface area contributed by atoms with E-state index in [4.69, 9.17) is 0 Å². The van der Waals surface area contributed by atoms with Gasteiger partial charge < -0.3 is 4.90 Å². The first-order chi connectivity index (χ1) is 15.5. The summed E-state index contributed by atoms with van der Waals surface area (Å²) in [6.07, 6.45) is -4.63. The topological polar surface area (TPSA) is 37.4 Å². The lowest BCUT2D eigenvalue weighted by molar-refractivity contribution is -0.137. The molecular formula is C25H20F3NO2S2. The number of para-hydroxylation sites is 1. The Labute approximate surface area is 199 Å². The molecule has 0 radical (unpaired) electrons. The fourth-order valence-electron chi connectivity index (χ4n) is 2.85. The van der Waals surface area contributed by atoms with Crippen LogP contribution in [0.2, 0.25) is 0 Å². The van der Waals surface area contributed by atoms with Gasteiger partial charge in [0.25, 0.3) is 0 Å². The molecule has 0 heterocycles. The van der Waals surface area contributed by atoms with E-state index in [2.05, 4.69) is 22.3 Å². The lowest BCUT2D eigenvalue weighted by atomic mass is 9.91. The van der Waals surface area contributed by atoms with E-state index in [0.29, 0.717) is 23.0 Å². The molecule has 2 rings (SSSR count). The van der Waals surface area contributed by atoms with Gasteiger partial charge in [-0.05, 0) is 22.6 Å². The van der Waals surface area contributed by atoms with Gasteiger partial charge in [-0.25, -0.2) is 0 Å². The molecule has 3 nitrogen and oxygen atoms in total. The minimum atomic E-state index is -4.63. The van der Waals surface area contributed by atoms with Crippen molar-refractivity contribution in [1.82, 2.24) is 0 Å². The van der Waals surface area contributed by atoms with Crippen LogP contribution in [0.4, 0.5) is 18.9 Å². The second-order valence-corrected chi connectivity index (χ2v) is 8.81. The highest BCUT2D eigenvalue weighted by molar-refractivity contribution is 8.17. The van der Waals surface area contributed by atoms with Crippen LogP contribution < -0.4 is 4.90 Å². The van der Waals surface area contributed by atoms with Crippen LogP contribution in [0.5, 0.6) is 0 Å². The highest BCUT2D eigenvalue weighted by Crippen LogP contribution is 2.38. The summed E-state index contributed by atoms with van der Waals surface area (Å²) in [4.78, 5) is 24.6. The molecule has 0 amide bonds. The van der Waals surface area contributed by atoms with Crippen LogP contribution >= 0.6 is 23.5 Å². The number of hydrogen-bond acceptors (Lipinski definition) is 5. The van der Waals surface area contributed by atoms with Crippen LogP contribution in [-0.2, 0) is 15.8 Å². The van der Waals surface area contributed by atoms with Crippen LogP contribution in [-0.4, -0.2) is 24.3 Å². The zero-order valence-corrected chi connectivity index (χ0v) is 20.0. The SMILES string of the molecule is CC(=O)SC#CC(=C(C#CSC(C)=O)c1ccccc1C(F)(F)F)c1ccccc1N(C)C. The number of thioether (sulfide) groups is 2. The van der Waals surface area contributed by atoms with Gasteiger partial charge in [-0.3, -0.25) is 9.59 Å². The molecule has 8 heteroatoms. The van der Waals surface area contributed by atoms with E-state index in [9.17, 15) is 22.8 Å². The maximum Gasteiger partial charge on any atom is 0.417 e. The third-order valence-electron chi connectivity index (χ3n) is 4.15. The Morgan fingerprint density at radius 3 is 1.73 bits per heavy atom. The minimum Gasteiger partial charge on any atom is -0.377 e. The third kappa shape index (κ3) is 7.49. The van der Waals surface area contributed by atoms with Crippen molar-refractivity contribution in [3.63, 3.8) is 0 Å². The molecule has 33 heavy (non-hydrogen) atoms. The summed E-state index contributed by atoms with van der Waals surface area (Å²) in [6.45, 7) is 2.66. The predicted octanol–water partition coefficient (Wildman–Crippen LogP) is 6.16. The van der Waals surface area contributed by atoms with Crippen LogP contribution in [0.15, 0.2) is 48.5 Å². The van der Waals surface area contributed by atoms with Gasteiger partial charge in [-0.2, -0.15) is 13.2 Å². The Balaban J connectivity index is 3.00. The minimum absolute atomic E-state index is 0.0163. The number of benzene rings is 2. The molecule has 0 saturated heterocycles. The van der Waals surface area contributed by atoms with E-state index < -0.39 is 11.7 Å². The maximum absolute atomic E-state index is 13.9. The smallest absolute Gasteiger partial charge is 0.377 e. The van der Waals surface area contributed by atoms with E-state index in [1.54, 1.807) is 43.3 Å². The zero-order chi connectivity index (χ0) is 24.6. The lowest BCUT2D eigenvalue weighted by Crippen LogP contribution is -2.12. The summed E-state index contributed by atoms with van der Waals surface area (Å²) in [5, 5.41) is 4.73. The van der Waals surface area contributed by atoms with Crippen molar-refractivity contribution < 1.29 is 22.8 Å². The number of carbonyl (C=O) groups is 2. The van der Waals surface area contributed by atoms with E-state index in [0.717, 1.165) is 17.8 Å². The number of nitrogens with zero attached hydrogens (tertiary/aromatic N) is 1. The quantitative estimate of drug-likeness (QED) is 0.383. The van der Waals surface area contributed by atoms with E-state index in [-0.39, 0.29) is 26.9 Å². The highest BCUT2D eigenvalue weighted by atomic mass is 32.2. The Kier molecular flexibility index (Phi) is 9.28. The Morgan fingerprint density at radius 2 is 1.24 bits per heavy atom. The highest BCUT2D eigenvalue weighted by Gasteiger charge is 2.34. The van der Waals surface area contributed by atoms with Gasteiger partial charge in [-0.1, -0.05) is 48.2 Å². The summed E-state index contributed by atoms with van der Waals surface area (Å²) >= 11 is 1.43. The van der Waals surface area contributed by atoms with Gasteiger partial charge in [0.1, 0.15) is 0 Å². The molecule has 0 aliphatic carbocycles. The van der Waals surface area contributed by atoms with Gasteiger partial charge in [0.2, 0.25) is 0 Å². The molecule has 0 atom stereocenters. The molecule has 0 fully saturated rings. The van der Waals surface area contributed by atoms with Crippen molar-refractivity contribution in [3.8, 4) is 22.3 Å². The van der Waals surface area contributed by atoms with Gasteiger partial charge in [0, 0.05) is 73.9 Å². The summed E-state index contributed by atoms with van der Waals surface area (Å²) < 4.78 is 41.6. The van der Waals surface area contributed by atoms with Crippen molar-refractivity contribution in [2.75, 3.05) is 19.0 Å². The standard InChI is InChI=1S/C25H20F3NO2S2/c1-17(30)32-15-13-19(21-9-5-7-11-23(21)25(26,27)28)20(14-16-33-18(2)31)22-10-6-8-12-24(22)29(3)4/h5-12H,1-4H3. The van der Waals surface area contributed by atoms with Crippen molar-refractivity contribution in [2.45, 2.75) is 20.0 Å². The molecule has 0 bridgehead atoms. The van der Waals surface area contributed by atoms with Crippen LogP contribution in [0.3, 0.4) is 0 Å². The van der Waals surface area contributed by atoms with E-state index in [1.165, 1.54) is 32.0 Å². The normalized spacial score (nSPS) is 11.4. The zero-order valence-electron chi connectivity index (χ0n) is 18.3. The average Bonchev–Trinajstić information content (AvgIpc) is 2.74. The fourth-order valence-corrected chi connectivity index (χ4v) is 3.44. The monoisotopic (exact) mass is 487 g/mol. The molecular weight excluding hydrogens is 467 g/mol. The van der Waals surface area contributed by atoms with Gasteiger partial charge in [-0.15, -0.1) is 0 Å². The van der Waals surface area contributed by atoms with Crippen LogP contribution in [0.1, 0.15) is 30.5 Å². The average molecular weight is 488 g/mol. The lowest BCUT2D eigenvalue weighted by Gasteiger charge is -2.19.